The molecule has 0 aromatic carbocycles. The molecule has 26 heavy (non-hydrogen) atoms. The van der Waals surface area contributed by atoms with E-state index in [1.54, 1.807) is 11.3 Å². The third-order valence-electron chi connectivity index (χ3n) is 6.80. The van der Waals surface area contributed by atoms with E-state index in [1.165, 1.54) is 25.7 Å². The highest BCUT2D eigenvalue weighted by molar-refractivity contribution is 14.0. The molecule has 3 heterocycles. The van der Waals surface area contributed by atoms with E-state index in [4.69, 9.17) is 15.5 Å². The number of guanidine groups is 1. The zero-order valence-corrected chi connectivity index (χ0v) is 18.2. The predicted octanol–water partition coefficient (Wildman–Crippen LogP) is 2.55. The zero-order valence-electron chi connectivity index (χ0n) is 15.0. The lowest BCUT2D eigenvalue weighted by Crippen LogP contribution is -2.62. The van der Waals surface area contributed by atoms with Gasteiger partial charge in [0.2, 0.25) is 0 Å². The molecule has 0 radical (unpaired) electrons. The molecule has 5 rings (SSSR count). The van der Waals surface area contributed by atoms with Crippen molar-refractivity contribution >= 4 is 46.4 Å². The van der Waals surface area contributed by atoms with Crippen molar-refractivity contribution in [2.24, 2.45) is 22.1 Å². The minimum absolute atomic E-state index is 0. The lowest BCUT2D eigenvalue weighted by molar-refractivity contribution is -0.117. The first-order chi connectivity index (χ1) is 12.3. The number of piperazine rings is 1. The van der Waals surface area contributed by atoms with Crippen LogP contribution in [0.4, 0.5) is 5.13 Å². The summed E-state index contributed by atoms with van der Waals surface area (Å²) in [5, 5.41) is 3.15. The van der Waals surface area contributed by atoms with Gasteiger partial charge in [0.1, 0.15) is 0 Å². The van der Waals surface area contributed by atoms with Crippen LogP contribution in [0.5, 0.6) is 0 Å². The molecule has 2 aliphatic heterocycles. The normalized spacial score (nSPS) is 33.1. The van der Waals surface area contributed by atoms with Gasteiger partial charge in [-0.2, -0.15) is 0 Å². The number of anilines is 1. The smallest absolute Gasteiger partial charge is 0.191 e. The molecule has 1 aromatic rings. The van der Waals surface area contributed by atoms with Crippen molar-refractivity contribution in [1.29, 1.82) is 0 Å². The highest BCUT2D eigenvalue weighted by Crippen LogP contribution is 2.62. The minimum Gasteiger partial charge on any atom is -0.377 e. The van der Waals surface area contributed by atoms with Crippen LogP contribution in [0.2, 0.25) is 0 Å². The highest BCUT2D eigenvalue weighted by atomic mass is 127. The predicted molar refractivity (Wildman–Crippen MR) is 115 cm³/mol. The van der Waals surface area contributed by atoms with Crippen molar-refractivity contribution < 1.29 is 4.74 Å². The van der Waals surface area contributed by atoms with Gasteiger partial charge < -0.3 is 20.3 Å². The van der Waals surface area contributed by atoms with E-state index in [9.17, 15) is 0 Å². The molecule has 4 fully saturated rings. The first kappa shape index (κ1) is 18.7. The summed E-state index contributed by atoms with van der Waals surface area (Å²) in [6.45, 7) is 4.71. The fourth-order valence-electron chi connectivity index (χ4n) is 5.56. The van der Waals surface area contributed by atoms with Crippen molar-refractivity contribution in [1.82, 2.24) is 9.88 Å². The Kier molecular flexibility index (Phi) is 5.35. The molecule has 1 spiro atoms. The molecular formula is C18H28IN5OS. The van der Waals surface area contributed by atoms with Gasteiger partial charge in [0.25, 0.3) is 0 Å². The molecule has 2 aliphatic carbocycles. The Morgan fingerprint density at radius 2 is 2.04 bits per heavy atom. The Morgan fingerprint density at radius 1 is 1.27 bits per heavy atom. The lowest BCUT2D eigenvalue weighted by atomic mass is 9.54. The molecular weight excluding hydrogens is 461 g/mol. The van der Waals surface area contributed by atoms with E-state index in [-0.39, 0.29) is 24.0 Å². The molecule has 144 valence electrons. The summed E-state index contributed by atoms with van der Waals surface area (Å²) >= 11 is 1.71. The molecule has 6 nitrogen and oxygen atoms in total. The largest absolute Gasteiger partial charge is 0.377 e. The van der Waals surface area contributed by atoms with Gasteiger partial charge in [0, 0.05) is 55.7 Å². The van der Waals surface area contributed by atoms with Crippen LogP contribution in [0.25, 0.3) is 0 Å². The number of hydrogen-bond acceptors (Lipinski definition) is 5. The second-order valence-electron chi connectivity index (χ2n) is 7.91. The van der Waals surface area contributed by atoms with Crippen molar-refractivity contribution in [3.63, 3.8) is 0 Å². The van der Waals surface area contributed by atoms with Crippen molar-refractivity contribution in [2.45, 2.75) is 44.2 Å². The first-order valence-electron chi connectivity index (χ1n) is 9.62. The van der Waals surface area contributed by atoms with E-state index < -0.39 is 0 Å². The fourth-order valence-corrected chi connectivity index (χ4v) is 6.26. The number of ether oxygens (including phenoxy) is 1. The minimum atomic E-state index is 0. The van der Waals surface area contributed by atoms with Crippen LogP contribution >= 0.6 is 35.3 Å². The maximum absolute atomic E-state index is 6.46. The summed E-state index contributed by atoms with van der Waals surface area (Å²) in [7, 11) is 0. The van der Waals surface area contributed by atoms with Crippen molar-refractivity contribution in [3.8, 4) is 0 Å². The highest BCUT2D eigenvalue weighted by Gasteiger charge is 2.65. The van der Waals surface area contributed by atoms with E-state index >= 15 is 0 Å². The van der Waals surface area contributed by atoms with Gasteiger partial charge in [0.05, 0.1) is 12.1 Å². The number of fused-ring (bicyclic) bond motifs is 2. The van der Waals surface area contributed by atoms with Crippen LogP contribution in [0.3, 0.4) is 0 Å². The number of rotatable bonds is 2. The number of hydrogen-bond donors (Lipinski definition) is 1. The zero-order chi connectivity index (χ0) is 16.9. The Balaban J connectivity index is 0.00000168. The number of nitrogens with zero attached hydrogens (tertiary/aromatic N) is 4. The lowest BCUT2D eigenvalue weighted by Gasteiger charge is -2.55. The molecule has 0 amide bonds. The van der Waals surface area contributed by atoms with E-state index in [1.807, 2.05) is 11.6 Å². The Hall–Kier alpha value is -0.610. The number of aliphatic imine (C=N–C) groups is 1. The van der Waals surface area contributed by atoms with Gasteiger partial charge in [0.15, 0.2) is 11.1 Å². The quantitative estimate of drug-likeness (QED) is 0.393. The molecule has 1 aromatic heterocycles. The maximum Gasteiger partial charge on any atom is 0.191 e. The summed E-state index contributed by atoms with van der Waals surface area (Å²) in [4.78, 5) is 14.1. The second kappa shape index (κ2) is 7.43. The number of halogens is 1. The molecule has 2 N–H and O–H groups in total. The van der Waals surface area contributed by atoms with E-state index in [0.717, 1.165) is 50.3 Å². The van der Waals surface area contributed by atoms with Gasteiger partial charge in [-0.3, -0.25) is 0 Å². The van der Waals surface area contributed by atoms with E-state index in [0.29, 0.717) is 23.5 Å². The molecule has 0 bridgehead atoms. The van der Waals surface area contributed by atoms with Gasteiger partial charge in [-0.1, -0.05) is 12.8 Å². The Labute approximate surface area is 176 Å². The van der Waals surface area contributed by atoms with Crippen molar-refractivity contribution in [2.75, 3.05) is 37.7 Å². The molecule has 2 saturated carbocycles. The van der Waals surface area contributed by atoms with Gasteiger partial charge in [-0.25, -0.2) is 9.98 Å². The Bertz CT molecular complexity index is 640. The molecule has 3 atom stereocenters. The maximum atomic E-state index is 6.46. The summed E-state index contributed by atoms with van der Waals surface area (Å²) in [6, 6.07) is 0.388. The van der Waals surface area contributed by atoms with Gasteiger partial charge in [-0.15, -0.1) is 35.3 Å². The summed E-state index contributed by atoms with van der Waals surface area (Å²) < 4.78 is 6.07. The molecule has 2 saturated heterocycles. The van der Waals surface area contributed by atoms with E-state index in [2.05, 4.69) is 14.8 Å². The first-order valence-corrected chi connectivity index (χ1v) is 10.5. The molecule has 4 aliphatic rings. The third-order valence-corrected chi connectivity index (χ3v) is 7.63. The van der Waals surface area contributed by atoms with Gasteiger partial charge in [-0.05, 0) is 19.3 Å². The number of thiazole rings is 1. The summed E-state index contributed by atoms with van der Waals surface area (Å²) in [5.74, 6) is 1.36. The van der Waals surface area contributed by atoms with Crippen LogP contribution < -0.4 is 10.6 Å². The fraction of sp³-hybridized carbons (Fsp3) is 0.778. The number of nitrogens with two attached hydrogens (primary N) is 1. The summed E-state index contributed by atoms with van der Waals surface area (Å²) in [5.41, 5.74) is 6.76. The molecule has 3 unspecified atom stereocenters. The SMILES string of the molecule is I.NC(=NC1C2CCOC2C12CCCC2)N1CCN(c2nccs2)CC1. The second-order valence-corrected chi connectivity index (χ2v) is 8.78. The monoisotopic (exact) mass is 489 g/mol. The van der Waals surface area contributed by atoms with Crippen LogP contribution in [-0.4, -0.2) is 60.8 Å². The third kappa shape index (κ3) is 2.92. The van der Waals surface area contributed by atoms with Crippen molar-refractivity contribution in [3.05, 3.63) is 11.6 Å². The number of aromatic nitrogens is 1. The molecule has 8 heteroatoms. The van der Waals surface area contributed by atoms with Crippen LogP contribution in [-0.2, 0) is 4.74 Å². The standard InChI is InChI=1S/C18H27N5OS.HI/c19-16(22-7-9-23(10-8-22)17-20-6-12-25-17)21-14-13-3-11-24-15(13)18(14)4-1-2-5-18;/h6,12-15H,1-5,7-11H2,(H2,19,21);1H. The van der Waals surface area contributed by atoms with Crippen LogP contribution in [0, 0.1) is 11.3 Å². The van der Waals surface area contributed by atoms with Gasteiger partial charge >= 0.3 is 0 Å². The summed E-state index contributed by atoms with van der Waals surface area (Å²) in [6.07, 6.45) is 8.68. The average molecular weight is 489 g/mol. The topological polar surface area (TPSA) is 67.0 Å². The van der Waals surface area contributed by atoms with Crippen LogP contribution in [0.15, 0.2) is 16.6 Å². The Morgan fingerprint density at radius 3 is 2.73 bits per heavy atom. The van der Waals surface area contributed by atoms with Crippen LogP contribution in [0.1, 0.15) is 32.1 Å². The average Bonchev–Trinajstić information content (AvgIpc) is 3.40.